The lowest BCUT2D eigenvalue weighted by Gasteiger charge is -2.31. The molecule has 1 saturated carbocycles. The SMILES string of the molecule is CN(C(=O)c1ccc(CC2(S(C)(=O)=O)Nc3ccccc3N2)cc1)C1CCCCC1. The van der Waals surface area contributed by atoms with E-state index < -0.39 is 14.8 Å². The largest absolute Gasteiger partial charge is 0.348 e. The van der Waals surface area contributed by atoms with Crippen LogP contribution in [0.1, 0.15) is 48.0 Å². The Bertz CT molecular complexity index is 1000. The number of hydrogen-bond acceptors (Lipinski definition) is 5. The number of nitrogens with zero attached hydrogens (tertiary/aromatic N) is 1. The summed E-state index contributed by atoms with van der Waals surface area (Å²) in [5.74, 6) is 0.0239. The molecule has 1 amide bonds. The van der Waals surface area contributed by atoms with Crippen LogP contribution in [0.4, 0.5) is 11.4 Å². The van der Waals surface area contributed by atoms with E-state index in [0.717, 1.165) is 29.8 Å². The summed E-state index contributed by atoms with van der Waals surface area (Å²) < 4.78 is 25.4. The fourth-order valence-corrected chi connectivity index (χ4v) is 5.48. The first-order chi connectivity index (χ1) is 14.3. The van der Waals surface area contributed by atoms with Crippen molar-refractivity contribution in [1.82, 2.24) is 4.90 Å². The first-order valence-electron chi connectivity index (χ1n) is 10.5. The molecule has 2 aromatic carbocycles. The van der Waals surface area contributed by atoms with Gasteiger partial charge in [-0.25, -0.2) is 8.42 Å². The van der Waals surface area contributed by atoms with Crippen molar-refractivity contribution >= 4 is 27.1 Å². The number of carbonyl (C=O) groups is 1. The maximum Gasteiger partial charge on any atom is 0.253 e. The van der Waals surface area contributed by atoms with Crippen LogP contribution < -0.4 is 10.6 Å². The molecule has 30 heavy (non-hydrogen) atoms. The van der Waals surface area contributed by atoms with E-state index >= 15 is 0 Å². The van der Waals surface area contributed by atoms with Crippen molar-refractivity contribution < 1.29 is 13.2 Å². The number of anilines is 2. The van der Waals surface area contributed by atoms with Gasteiger partial charge in [-0.2, -0.15) is 0 Å². The maximum absolute atomic E-state index is 12.9. The predicted molar refractivity (Wildman–Crippen MR) is 120 cm³/mol. The van der Waals surface area contributed by atoms with Crippen molar-refractivity contribution in [2.75, 3.05) is 23.9 Å². The third-order valence-electron chi connectivity index (χ3n) is 6.33. The zero-order valence-corrected chi connectivity index (χ0v) is 18.3. The molecular weight excluding hydrogens is 398 g/mol. The molecule has 6 nitrogen and oxygen atoms in total. The van der Waals surface area contributed by atoms with E-state index in [1.54, 1.807) is 12.1 Å². The summed E-state index contributed by atoms with van der Waals surface area (Å²) in [6, 6.07) is 15.1. The fourth-order valence-electron chi connectivity index (χ4n) is 4.46. The molecule has 1 heterocycles. The van der Waals surface area contributed by atoms with Gasteiger partial charge >= 0.3 is 0 Å². The second kappa shape index (κ2) is 7.95. The number of para-hydroxylation sites is 2. The molecule has 1 aliphatic heterocycles. The Hall–Kier alpha value is -2.54. The van der Waals surface area contributed by atoms with Gasteiger partial charge in [-0.3, -0.25) is 4.79 Å². The minimum absolute atomic E-state index is 0.0239. The Morgan fingerprint density at radius 3 is 2.10 bits per heavy atom. The number of sulfone groups is 1. The van der Waals surface area contributed by atoms with E-state index in [0.29, 0.717) is 11.6 Å². The van der Waals surface area contributed by atoms with Crippen LogP contribution in [0.3, 0.4) is 0 Å². The molecule has 1 aliphatic carbocycles. The second-order valence-corrected chi connectivity index (χ2v) is 10.7. The van der Waals surface area contributed by atoms with Gasteiger partial charge in [-0.15, -0.1) is 0 Å². The highest BCUT2D eigenvalue weighted by atomic mass is 32.2. The summed E-state index contributed by atoms with van der Waals surface area (Å²) in [6.45, 7) is 0. The third-order valence-corrected chi connectivity index (χ3v) is 7.94. The first-order valence-corrected chi connectivity index (χ1v) is 12.4. The average Bonchev–Trinajstić information content (AvgIpc) is 3.13. The molecule has 160 valence electrons. The number of benzene rings is 2. The lowest BCUT2D eigenvalue weighted by Crippen LogP contribution is -2.51. The standard InChI is InChI=1S/C23H29N3O3S/c1-26(19-8-4-3-5-9-19)22(27)18-14-12-17(13-15-18)16-23(30(2,28)29)24-20-10-6-7-11-21(20)25-23/h6-7,10-15,19,24-25H,3-5,8-9,16H2,1-2H3. The molecule has 0 saturated heterocycles. The number of rotatable bonds is 5. The molecule has 2 aromatic rings. The van der Waals surface area contributed by atoms with Gasteiger partial charge in [-0.05, 0) is 42.7 Å². The maximum atomic E-state index is 12.9. The summed E-state index contributed by atoms with van der Waals surface area (Å²) in [7, 11) is -1.60. The molecule has 1 fully saturated rings. The van der Waals surface area contributed by atoms with Gasteiger partial charge in [0.05, 0.1) is 11.4 Å². The molecule has 0 radical (unpaired) electrons. The molecule has 0 spiro atoms. The van der Waals surface area contributed by atoms with Crippen molar-refractivity contribution in [3.63, 3.8) is 0 Å². The van der Waals surface area contributed by atoms with E-state index in [4.69, 9.17) is 0 Å². The monoisotopic (exact) mass is 427 g/mol. The number of hydrogen-bond donors (Lipinski definition) is 2. The molecule has 0 aromatic heterocycles. The van der Waals surface area contributed by atoms with Crippen molar-refractivity contribution in [3.8, 4) is 0 Å². The normalized spacial score (nSPS) is 18.2. The summed E-state index contributed by atoms with van der Waals surface area (Å²) in [4.78, 5) is 13.4. The van der Waals surface area contributed by atoms with Crippen LogP contribution in [0.5, 0.6) is 0 Å². The van der Waals surface area contributed by atoms with Gasteiger partial charge in [-0.1, -0.05) is 43.5 Å². The zero-order chi connectivity index (χ0) is 21.4. The predicted octanol–water partition coefficient (Wildman–Crippen LogP) is 3.87. The van der Waals surface area contributed by atoms with E-state index in [9.17, 15) is 13.2 Å². The van der Waals surface area contributed by atoms with E-state index in [1.165, 1.54) is 25.5 Å². The second-order valence-electron chi connectivity index (χ2n) is 8.48. The number of nitrogens with one attached hydrogen (secondary N) is 2. The van der Waals surface area contributed by atoms with E-state index in [1.807, 2.05) is 48.3 Å². The minimum Gasteiger partial charge on any atom is -0.348 e. The van der Waals surface area contributed by atoms with Crippen LogP contribution in [0.2, 0.25) is 0 Å². The summed E-state index contributed by atoms with van der Waals surface area (Å²) in [6.07, 6.45) is 7.21. The number of carbonyl (C=O) groups excluding carboxylic acids is 1. The summed E-state index contributed by atoms with van der Waals surface area (Å²) >= 11 is 0. The average molecular weight is 428 g/mol. The summed E-state index contributed by atoms with van der Waals surface area (Å²) in [5.41, 5.74) is 3.01. The summed E-state index contributed by atoms with van der Waals surface area (Å²) in [5, 5.41) is 6.32. The molecule has 0 atom stereocenters. The van der Waals surface area contributed by atoms with Gasteiger partial charge in [0.15, 0.2) is 9.84 Å². The highest BCUT2D eigenvalue weighted by molar-refractivity contribution is 7.92. The molecule has 2 N–H and O–H groups in total. The van der Waals surface area contributed by atoms with E-state index in [2.05, 4.69) is 10.6 Å². The van der Waals surface area contributed by atoms with Gasteiger partial charge in [0, 0.05) is 31.3 Å². The quantitative estimate of drug-likeness (QED) is 0.757. The Morgan fingerprint density at radius 2 is 1.57 bits per heavy atom. The molecule has 2 aliphatic rings. The van der Waals surface area contributed by atoms with Crippen molar-refractivity contribution in [2.24, 2.45) is 0 Å². The van der Waals surface area contributed by atoms with Crippen LogP contribution in [0, 0.1) is 0 Å². The highest BCUT2D eigenvalue weighted by Gasteiger charge is 2.45. The van der Waals surface area contributed by atoms with Crippen LogP contribution in [-0.2, 0) is 16.3 Å². The number of fused-ring (bicyclic) bond motifs is 1. The fraction of sp³-hybridized carbons (Fsp3) is 0.435. The molecule has 0 bridgehead atoms. The van der Waals surface area contributed by atoms with Gasteiger partial charge in [0.2, 0.25) is 4.99 Å². The third kappa shape index (κ3) is 3.90. The van der Waals surface area contributed by atoms with Crippen molar-refractivity contribution in [3.05, 3.63) is 59.7 Å². The van der Waals surface area contributed by atoms with E-state index in [-0.39, 0.29) is 12.3 Å². The van der Waals surface area contributed by atoms with Crippen LogP contribution in [0.15, 0.2) is 48.5 Å². The first kappa shape index (κ1) is 20.7. The zero-order valence-electron chi connectivity index (χ0n) is 17.5. The minimum atomic E-state index is -3.48. The highest BCUT2D eigenvalue weighted by Crippen LogP contribution is 2.38. The Morgan fingerprint density at radius 1 is 1.00 bits per heavy atom. The van der Waals surface area contributed by atoms with Crippen molar-refractivity contribution in [1.29, 1.82) is 0 Å². The van der Waals surface area contributed by atoms with Crippen LogP contribution in [0.25, 0.3) is 0 Å². The molecule has 4 rings (SSSR count). The topological polar surface area (TPSA) is 78.5 Å². The van der Waals surface area contributed by atoms with Gasteiger partial charge in [0.25, 0.3) is 5.91 Å². The molecule has 0 unspecified atom stereocenters. The number of amides is 1. The lowest BCUT2D eigenvalue weighted by molar-refractivity contribution is 0.0696. The van der Waals surface area contributed by atoms with Crippen molar-refractivity contribution in [2.45, 2.75) is 49.6 Å². The Balaban J connectivity index is 1.52. The lowest BCUT2D eigenvalue weighted by atomic mass is 9.94. The Labute approximate surface area is 178 Å². The molecular formula is C23H29N3O3S. The van der Waals surface area contributed by atoms with Crippen LogP contribution >= 0.6 is 0 Å². The molecule has 7 heteroatoms. The van der Waals surface area contributed by atoms with Gasteiger partial charge < -0.3 is 15.5 Å². The Kier molecular flexibility index (Phi) is 5.49. The smallest absolute Gasteiger partial charge is 0.253 e. The van der Waals surface area contributed by atoms with Gasteiger partial charge in [0.1, 0.15) is 0 Å². The van der Waals surface area contributed by atoms with Crippen LogP contribution in [-0.4, -0.2) is 43.6 Å².